The second-order valence-electron chi connectivity index (χ2n) is 4.97. The average Bonchev–Trinajstić information content (AvgIpc) is 2.50. The van der Waals surface area contributed by atoms with Crippen molar-refractivity contribution in [3.63, 3.8) is 0 Å². The Bertz CT molecular complexity index is 291. The van der Waals surface area contributed by atoms with E-state index in [9.17, 15) is 9.59 Å². The fourth-order valence-electron chi connectivity index (χ4n) is 2.10. The van der Waals surface area contributed by atoms with Crippen LogP contribution >= 0.6 is 0 Å². The lowest BCUT2D eigenvalue weighted by molar-refractivity contribution is -0.140. The molecule has 1 aliphatic heterocycles. The van der Waals surface area contributed by atoms with Crippen LogP contribution in [0, 0.1) is 0 Å². The van der Waals surface area contributed by atoms with Gasteiger partial charge in [0, 0.05) is 19.5 Å². The van der Waals surface area contributed by atoms with Gasteiger partial charge in [-0.2, -0.15) is 0 Å². The zero-order valence-corrected chi connectivity index (χ0v) is 12.3. The first-order valence-corrected chi connectivity index (χ1v) is 7.39. The van der Waals surface area contributed by atoms with Gasteiger partial charge in [-0.05, 0) is 12.8 Å². The Morgan fingerprint density at radius 1 is 1.25 bits per heavy atom. The molecule has 0 saturated carbocycles. The summed E-state index contributed by atoms with van der Waals surface area (Å²) in [5.41, 5.74) is 0. The monoisotopic (exact) mass is 286 g/mol. The maximum Gasteiger partial charge on any atom is 0.305 e. The first-order valence-electron chi connectivity index (χ1n) is 7.39. The van der Waals surface area contributed by atoms with Crippen molar-refractivity contribution in [3.05, 3.63) is 0 Å². The molecule has 0 aliphatic carbocycles. The lowest BCUT2D eigenvalue weighted by Gasteiger charge is -2.22. The molecule has 0 spiro atoms. The summed E-state index contributed by atoms with van der Waals surface area (Å²) < 4.78 is 9.82. The highest BCUT2D eigenvalue weighted by Gasteiger charge is 2.20. The summed E-state index contributed by atoms with van der Waals surface area (Å²) in [6, 6.07) is -0.205. The summed E-state index contributed by atoms with van der Waals surface area (Å²) in [5, 5.41) is 6.04. The Hall–Kier alpha value is -1.14. The fourth-order valence-corrected chi connectivity index (χ4v) is 2.10. The highest BCUT2D eigenvalue weighted by atomic mass is 16.5. The summed E-state index contributed by atoms with van der Waals surface area (Å²) >= 11 is 0. The molecule has 1 atom stereocenters. The standard InChI is InChI=1S/C14H26N2O4/c1-19-13(17)7-5-3-2-4-6-8-16-14(18)12-11-20-10-9-15-12/h12,15H,2-11H2,1H3,(H,16,18). The van der Waals surface area contributed by atoms with E-state index in [1.807, 2.05) is 0 Å². The van der Waals surface area contributed by atoms with Crippen molar-refractivity contribution < 1.29 is 19.1 Å². The molecule has 0 aromatic rings. The number of hydrogen-bond donors (Lipinski definition) is 2. The van der Waals surface area contributed by atoms with Crippen molar-refractivity contribution in [2.75, 3.05) is 33.4 Å². The summed E-state index contributed by atoms with van der Waals surface area (Å²) in [6.07, 6.45) is 5.52. The van der Waals surface area contributed by atoms with Crippen LogP contribution in [0.4, 0.5) is 0 Å². The highest BCUT2D eigenvalue weighted by molar-refractivity contribution is 5.81. The van der Waals surface area contributed by atoms with Gasteiger partial charge in [0.05, 0.1) is 20.3 Å². The predicted octanol–water partition coefficient (Wildman–Crippen LogP) is 0.605. The predicted molar refractivity (Wildman–Crippen MR) is 75.3 cm³/mol. The third-order valence-electron chi connectivity index (χ3n) is 3.32. The second kappa shape index (κ2) is 10.6. The number of esters is 1. The van der Waals surface area contributed by atoms with Gasteiger partial charge in [-0.15, -0.1) is 0 Å². The molecule has 1 fully saturated rings. The number of ether oxygens (including phenoxy) is 2. The first kappa shape index (κ1) is 16.9. The minimum Gasteiger partial charge on any atom is -0.469 e. The topological polar surface area (TPSA) is 76.7 Å². The van der Waals surface area contributed by atoms with Crippen LogP contribution in [0.15, 0.2) is 0 Å². The number of carbonyl (C=O) groups excluding carboxylic acids is 2. The van der Waals surface area contributed by atoms with Crippen molar-refractivity contribution in [1.29, 1.82) is 0 Å². The van der Waals surface area contributed by atoms with Crippen LogP contribution in [0.1, 0.15) is 38.5 Å². The van der Waals surface area contributed by atoms with Crippen LogP contribution in [0.5, 0.6) is 0 Å². The van der Waals surface area contributed by atoms with E-state index in [-0.39, 0.29) is 17.9 Å². The summed E-state index contributed by atoms with van der Waals surface area (Å²) in [7, 11) is 1.41. The lowest BCUT2D eigenvalue weighted by Crippen LogP contribution is -2.51. The van der Waals surface area contributed by atoms with E-state index in [2.05, 4.69) is 15.4 Å². The molecule has 1 saturated heterocycles. The molecule has 1 aliphatic rings. The van der Waals surface area contributed by atoms with Crippen molar-refractivity contribution in [2.24, 2.45) is 0 Å². The smallest absolute Gasteiger partial charge is 0.305 e. The van der Waals surface area contributed by atoms with E-state index in [1.54, 1.807) is 0 Å². The van der Waals surface area contributed by atoms with E-state index >= 15 is 0 Å². The van der Waals surface area contributed by atoms with E-state index in [0.29, 0.717) is 26.2 Å². The zero-order valence-electron chi connectivity index (χ0n) is 12.3. The molecule has 6 heteroatoms. The van der Waals surface area contributed by atoms with Gasteiger partial charge in [0.25, 0.3) is 0 Å². The van der Waals surface area contributed by atoms with Crippen LogP contribution < -0.4 is 10.6 Å². The van der Waals surface area contributed by atoms with Crippen LogP contribution in [0.3, 0.4) is 0 Å². The van der Waals surface area contributed by atoms with Crippen molar-refractivity contribution in [1.82, 2.24) is 10.6 Å². The van der Waals surface area contributed by atoms with Gasteiger partial charge in [-0.1, -0.05) is 19.3 Å². The van der Waals surface area contributed by atoms with Gasteiger partial charge in [-0.25, -0.2) is 0 Å². The van der Waals surface area contributed by atoms with Crippen LogP contribution in [-0.4, -0.2) is 51.3 Å². The minimum absolute atomic E-state index is 0.0235. The molecule has 0 aromatic heterocycles. The highest BCUT2D eigenvalue weighted by Crippen LogP contribution is 2.05. The molecule has 1 rings (SSSR count). The zero-order chi connectivity index (χ0) is 14.6. The van der Waals surface area contributed by atoms with Crippen molar-refractivity contribution in [3.8, 4) is 0 Å². The molecule has 1 heterocycles. The summed E-state index contributed by atoms with van der Waals surface area (Å²) in [4.78, 5) is 22.6. The number of morpholine rings is 1. The van der Waals surface area contributed by atoms with Crippen LogP contribution in [0.25, 0.3) is 0 Å². The molecule has 1 unspecified atom stereocenters. The SMILES string of the molecule is COC(=O)CCCCCCCNC(=O)C1COCCN1. The van der Waals surface area contributed by atoms with Gasteiger partial charge < -0.3 is 20.1 Å². The molecular weight excluding hydrogens is 260 g/mol. The molecule has 1 amide bonds. The van der Waals surface area contributed by atoms with E-state index in [4.69, 9.17) is 4.74 Å². The number of nitrogens with one attached hydrogen (secondary N) is 2. The average molecular weight is 286 g/mol. The summed E-state index contributed by atoms with van der Waals surface area (Å²) in [5.74, 6) is -0.116. The Labute approximate surface area is 120 Å². The summed E-state index contributed by atoms with van der Waals surface area (Å²) in [6.45, 7) is 2.57. The minimum atomic E-state index is -0.205. The molecule has 20 heavy (non-hydrogen) atoms. The Kier molecular flexibility index (Phi) is 8.98. The van der Waals surface area contributed by atoms with Crippen LogP contribution in [-0.2, 0) is 19.1 Å². The van der Waals surface area contributed by atoms with Gasteiger partial charge in [0.2, 0.25) is 5.91 Å². The molecule has 0 radical (unpaired) electrons. The molecule has 6 nitrogen and oxygen atoms in total. The Morgan fingerprint density at radius 3 is 2.70 bits per heavy atom. The van der Waals surface area contributed by atoms with E-state index in [0.717, 1.165) is 38.6 Å². The van der Waals surface area contributed by atoms with Gasteiger partial charge in [0.1, 0.15) is 6.04 Å². The fraction of sp³-hybridized carbons (Fsp3) is 0.857. The van der Waals surface area contributed by atoms with E-state index in [1.165, 1.54) is 7.11 Å². The quantitative estimate of drug-likeness (QED) is 0.479. The van der Waals surface area contributed by atoms with Gasteiger partial charge in [0.15, 0.2) is 0 Å². The molecule has 0 bridgehead atoms. The number of unbranched alkanes of at least 4 members (excludes halogenated alkanes) is 4. The maximum atomic E-state index is 11.7. The number of methoxy groups -OCH3 is 1. The van der Waals surface area contributed by atoms with Crippen molar-refractivity contribution in [2.45, 2.75) is 44.6 Å². The Morgan fingerprint density at radius 2 is 2.00 bits per heavy atom. The number of amides is 1. The molecule has 116 valence electrons. The third-order valence-corrected chi connectivity index (χ3v) is 3.32. The van der Waals surface area contributed by atoms with Crippen LogP contribution in [0.2, 0.25) is 0 Å². The Balaban J connectivity index is 1.89. The molecule has 2 N–H and O–H groups in total. The molecule has 0 aromatic carbocycles. The van der Waals surface area contributed by atoms with Gasteiger partial charge in [-0.3, -0.25) is 9.59 Å². The van der Waals surface area contributed by atoms with E-state index < -0.39 is 0 Å². The molecular formula is C14H26N2O4. The third kappa shape index (κ3) is 7.45. The number of hydrogen-bond acceptors (Lipinski definition) is 5. The number of rotatable bonds is 9. The van der Waals surface area contributed by atoms with Gasteiger partial charge >= 0.3 is 5.97 Å². The largest absolute Gasteiger partial charge is 0.469 e. The maximum absolute atomic E-state index is 11.7. The van der Waals surface area contributed by atoms with Crippen molar-refractivity contribution >= 4 is 11.9 Å². The lowest BCUT2D eigenvalue weighted by atomic mass is 10.1. The second-order valence-corrected chi connectivity index (χ2v) is 4.97. The number of carbonyl (C=O) groups is 2. The first-order chi connectivity index (χ1) is 9.74. The normalized spacial score (nSPS) is 18.6.